The Balaban J connectivity index is 1.95. The monoisotopic (exact) mass is 276 g/mol. The van der Waals surface area contributed by atoms with E-state index in [9.17, 15) is 0 Å². The third kappa shape index (κ3) is 3.96. The first-order valence-electron chi connectivity index (χ1n) is 6.60. The minimum absolute atomic E-state index is 0.521. The van der Waals surface area contributed by atoms with E-state index in [4.69, 9.17) is 4.74 Å². The Morgan fingerprint density at radius 3 is 2.95 bits per heavy atom. The SMILES string of the molecule is CCNc1ncc(COc2cccc(C(C)C)c2)s1. The van der Waals surface area contributed by atoms with E-state index in [1.807, 2.05) is 18.3 Å². The van der Waals surface area contributed by atoms with Crippen molar-refractivity contribution in [3.05, 3.63) is 40.9 Å². The van der Waals surface area contributed by atoms with Crippen LogP contribution in [0.3, 0.4) is 0 Å². The second-order valence-corrected chi connectivity index (χ2v) is 5.79. The van der Waals surface area contributed by atoms with Gasteiger partial charge in [0.2, 0.25) is 0 Å². The summed E-state index contributed by atoms with van der Waals surface area (Å²) >= 11 is 1.64. The minimum Gasteiger partial charge on any atom is -0.488 e. The van der Waals surface area contributed by atoms with Crippen molar-refractivity contribution < 1.29 is 4.74 Å². The van der Waals surface area contributed by atoms with Crippen LogP contribution in [0.5, 0.6) is 5.75 Å². The topological polar surface area (TPSA) is 34.2 Å². The summed E-state index contributed by atoms with van der Waals surface area (Å²) in [5.74, 6) is 1.44. The maximum absolute atomic E-state index is 5.82. The predicted octanol–water partition coefficient (Wildman–Crippen LogP) is 4.28. The van der Waals surface area contributed by atoms with E-state index in [0.29, 0.717) is 12.5 Å². The molecule has 19 heavy (non-hydrogen) atoms. The number of ether oxygens (including phenoxy) is 1. The summed E-state index contributed by atoms with van der Waals surface area (Å²) in [4.78, 5) is 5.42. The van der Waals surface area contributed by atoms with Gasteiger partial charge in [-0.25, -0.2) is 4.98 Å². The van der Waals surface area contributed by atoms with E-state index >= 15 is 0 Å². The lowest BCUT2D eigenvalue weighted by Crippen LogP contribution is -1.95. The van der Waals surface area contributed by atoms with Gasteiger partial charge in [-0.15, -0.1) is 0 Å². The highest BCUT2D eigenvalue weighted by molar-refractivity contribution is 7.15. The fraction of sp³-hybridized carbons (Fsp3) is 0.400. The van der Waals surface area contributed by atoms with Crippen LogP contribution in [0.2, 0.25) is 0 Å². The number of benzene rings is 1. The molecular formula is C15H20N2OS. The zero-order valence-electron chi connectivity index (χ0n) is 11.6. The molecule has 1 aromatic heterocycles. The molecule has 0 saturated heterocycles. The average molecular weight is 276 g/mol. The highest BCUT2D eigenvalue weighted by Gasteiger charge is 2.04. The normalized spacial score (nSPS) is 10.7. The first kappa shape index (κ1) is 13.9. The molecule has 0 spiro atoms. The molecule has 0 aliphatic carbocycles. The minimum atomic E-state index is 0.521. The summed E-state index contributed by atoms with van der Waals surface area (Å²) in [5.41, 5.74) is 1.30. The van der Waals surface area contributed by atoms with E-state index in [1.54, 1.807) is 11.3 Å². The first-order valence-corrected chi connectivity index (χ1v) is 7.42. The Morgan fingerprint density at radius 1 is 1.37 bits per heavy atom. The van der Waals surface area contributed by atoms with Gasteiger partial charge >= 0.3 is 0 Å². The highest BCUT2D eigenvalue weighted by Crippen LogP contribution is 2.23. The Morgan fingerprint density at radius 2 is 2.21 bits per heavy atom. The number of nitrogens with zero attached hydrogens (tertiary/aromatic N) is 1. The van der Waals surface area contributed by atoms with E-state index in [2.05, 4.69) is 43.2 Å². The Bertz CT molecular complexity index is 522. The molecule has 1 heterocycles. The lowest BCUT2D eigenvalue weighted by atomic mass is 10.0. The fourth-order valence-corrected chi connectivity index (χ4v) is 2.52. The van der Waals surface area contributed by atoms with E-state index in [-0.39, 0.29) is 0 Å². The van der Waals surface area contributed by atoms with Crippen LogP contribution in [-0.2, 0) is 6.61 Å². The van der Waals surface area contributed by atoms with Crippen LogP contribution in [0.15, 0.2) is 30.5 Å². The van der Waals surface area contributed by atoms with Gasteiger partial charge in [0, 0.05) is 12.7 Å². The summed E-state index contributed by atoms with van der Waals surface area (Å²) in [6.07, 6.45) is 1.87. The highest BCUT2D eigenvalue weighted by atomic mass is 32.1. The lowest BCUT2D eigenvalue weighted by molar-refractivity contribution is 0.309. The number of thiazole rings is 1. The molecule has 0 aliphatic rings. The molecule has 0 amide bonds. The molecule has 0 saturated carbocycles. The summed E-state index contributed by atoms with van der Waals surface area (Å²) in [6.45, 7) is 7.90. The molecule has 1 aromatic carbocycles. The number of hydrogen-bond acceptors (Lipinski definition) is 4. The first-order chi connectivity index (χ1) is 9.19. The summed E-state index contributed by atoms with van der Waals surface area (Å²) < 4.78 is 5.82. The van der Waals surface area contributed by atoms with Gasteiger partial charge in [0.25, 0.3) is 0 Å². The maximum Gasteiger partial charge on any atom is 0.182 e. The molecule has 0 radical (unpaired) electrons. The Hall–Kier alpha value is -1.55. The van der Waals surface area contributed by atoms with E-state index < -0.39 is 0 Å². The number of anilines is 1. The summed E-state index contributed by atoms with van der Waals surface area (Å²) in [7, 11) is 0. The van der Waals surface area contributed by atoms with E-state index in [0.717, 1.165) is 22.3 Å². The quantitative estimate of drug-likeness (QED) is 0.855. The number of hydrogen-bond donors (Lipinski definition) is 1. The third-order valence-corrected chi connectivity index (χ3v) is 3.72. The largest absolute Gasteiger partial charge is 0.488 e. The molecule has 0 bridgehead atoms. The molecule has 0 atom stereocenters. The lowest BCUT2D eigenvalue weighted by Gasteiger charge is -2.09. The van der Waals surface area contributed by atoms with Gasteiger partial charge in [0.05, 0.1) is 4.88 Å². The van der Waals surface area contributed by atoms with Crippen molar-refractivity contribution in [2.24, 2.45) is 0 Å². The summed E-state index contributed by atoms with van der Waals surface area (Å²) in [5, 5.41) is 4.16. The molecular weight excluding hydrogens is 256 g/mol. The maximum atomic E-state index is 5.82. The molecule has 3 nitrogen and oxygen atoms in total. The van der Waals surface area contributed by atoms with Crippen molar-refractivity contribution in [3.63, 3.8) is 0 Å². The van der Waals surface area contributed by atoms with Crippen LogP contribution in [0, 0.1) is 0 Å². The second-order valence-electron chi connectivity index (χ2n) is 4.68. The molecule has 4 heteroatoms. The van der Waals surface area contributed by atoms with Crippen molar-refractivity contribution in [3.8, 4) is 5.75 Å². The van der Waals surface area contributed by atoms with Crippen molar-refractivity contribution >= 4 is 16.5 Å². The second kappa shape index (κ2) is 6.57. The van der Waals surface area contributed by atoms with Crippen LogP contribution in [-0.4, -0.2) is 11.5 Å². The van der Waals surface area contributed by atoms with Crippen LogP contribution in [0.4, 0.5) is 5.13 Å². The molecule has 2 aromatic rings. The molecule has 102 valence electrons. The van der Waals surface area contributed by atoms with Gasteiger partial charge in [-0.2, -0.15) is 0 Å². The smallest absolute Gasteiger partial charge is 0.182 e. The average Bonchev–Trinajstić information content (AvgIpc) is 2.85. The zero-order chi connectivity index (χ0) is 13.7. The van der Waals surface area contributed by atoms with Crippen molar-refractivity contribution in [1.29, 1.82) is 0 Å². The van der Waals surface area contributed by atoms with Gasteiger partial charge in [0.15, 0.2) is 5.13 Å². The van der Waals surface area contributed by atoms with Crippen molar-refractivity contribution in [2.45, 2.75) is 33.3 Å². The van der Waals surface area contributed by atoms with Crippen LogP contribution < -0.4 is 10.1 Å². The van der Waals surface area contributed by atoms with Gasteiger partial charge in [-0.1, -0.05) is 37.3 Å². The van der Waals surface area contributed by atoms with Crippen LogP contribution in [0.1, 0.15) is 37.1 Å². The van der Waals surface area contributed by atoms with Gasteiger partial charge in [0.1, 0.15) is 12.4 Å². The van der Waals surface area contributed by atoms with Gasteiger partial charge in [-0.3, -0.25) is 0 Å². The number of aromatic nitrogens is 1. The predicted molar refractivity (Wildman–Crippen MR) is 81.1 cm³/mol. The molecule has 0 unspecified atom stereocenters. The van der Waals surface area contributed by atoms with E-state index in [1.165, 1.54) is 5.56 Å². The Labute approximate surface area is 118 Å². The summed E-state index contributed by atoms with van der Waals surface area (Å²) in [6, 6.07) is 8.28. The zero-order valence-corrected chi connectivity index (χ0v) is 12.5. The third-order valence-electron chi connectivity index (χ3n) is 2.79. The molecule has 2 rings (SSSR count). The Kier molecular flexibility index (Phi) is 4.80. The fourth-order valence-electron chi connectivity index (χ4n) is 1.73. The molecule has 0 fully saturated rings. The molecule has 1 N–H and O–H groups in total. The van der Waals surface area contributed by atoms with Gasteiger partial charge < -0.3 is 10.1 Å². The molecule has 0 aliphatic heterocycles. The number of nitrogens with one attached hydrogen (secondary N) is 1. The number of rotatable bonds is 6. The van der Waals surface area contributed by atoms with Crippen molar-refractivity contribution in [1.82, 2.24) is 4.98 Å². The van der Waals surface area contributed by atoms with Crippen molar-refractivity contribution in [2.75, 3.05) is 11.9 Å². The van der Waals surface area contributed by atoms with Gasteiger partial charge in [-0.05, 0) is 30.5 Å². The standard InChI is InChI=1S/C15H20N2OS/c1-4-16-15-17-9-14(19-15)10-18-13-7-5-6-12(8-13)11(2)3/h5-9,11H,4,10H2,1-3H3,(H,16,17). The van der Waals surface area contributed by atoms with Crippen LogP contribution >= 0.6 is 11.3 Å². The van der Waals surface area contributed by atoms with Crippen LogP contribution in [0.25, 0.3) is 0 Å².